The Hall–Kier alpha value is -3.14. The Kier molecular flexibility index (Phi) is 3.13. The van der Waals surface area contributed by atoms with E-state index in [1.165, 1.54) is 36.4 Å². The van der Waals surface area contributed by atoms with E-state index in [9.17, 15) is 19.0 Å². The van der Waals surface area contributed by atoms with Crippen LogP contribution < -0.4 is 0 Å². The van der Waals surface area contributed by atoms with Crippen molar-refractivity contribution in [3.8, 4) is 22.6 Å². The molecule has 0 aliphatic rings. The molecule has 24 heavy (non-hydrogen) atoms. The average Bonchev–Trinajstić information content (AvgIpc) is 2.56. The fraction of sp³-hybridized carbons (Fsp3) is 0. The number of rotatable bonds is 1. The topological polar surface area (TPSA) is 40.5 Å². The molecule has 0 radical (unpaired) electrons. The van der Waals surface area contributed by atoms with Crippen LogP contribution in [-0.4, -0.2) is 10.2 Å². The number of aromatic hydroxyl groups is 2. The predicted octanol–water partition coefficient (Wildman–Crippen LogP) is 5.35. The highest BCUT2D eigenvalue weighted by atomic mass is 19.1. The van der Waals surface area contributed by atoms with Crippen molar-refractivity contribution in [3.63, 3.8) is 0 Å². The molecular weight excluding hydrogens is 310 g/mol. The molecule has 0 fully saturated rings. The fourth-order valence-corrected chi connectivity index (χ4v) is 3.10. The summed E-state index contributed by atoms with van der Waals surface area (Å²) in [7, 11) is 0. The summed E-state index contributed by atoms with van der Waals surface area (Å²) in [6.07, 6.45) is 0. The van der Waals surface area contributed by atoms with Gasteiger partial charge < -0.3 is 10.2 Å². The Labute approximate surface area is 136 Å². The van der Waals surface area contributed by atoms with E-state index in [1.54, 1.807) is 24.3 Å². The maximum absolute atomic E-state index is 13.5. The van der Waals surface area contributed by atoms with Crippen molar-refractivity contribution in [1.29, 1.82) is 0 Å². The largest absolute Gasteiger partial charge is 0.507 e. The molecule has 4 aromatic rings. The lowest BCUT2D eigenvalue weighted by molar-refractivity contribution is 0.470. The SMILES string of the molecule is Oc1ccc2cc(F)ccc2c1-c1c(O)ccc2cc(F)ccc12. The molecule has 0 bridgehead atoms. The Morgan fingerprint density at radius 3 is 1.38 bits per heavy atom. The Morgan fingerprint density at radius 2 is 0.958 bits per heavy atom. The van der Waals surface area contributed by atoms with Crippen LogP contribution in [0.15, 0.2) is 60.7 Å². The van der Waals surface area contributed by atoms with Crippen molar-refractivity contribution in [2.24, 2.45) is 0 Å². The first kappa shape index (κ1) is 14.5. The monoisotopic (exact) mass is 322 g/mol. The quantitative estimate of drug-likeness (QED) is 0.496. The number of hydrogen-bond donors (Lipinski definition) is 2. The van der Waals surface area contributed by atoms with Crippen LogP contribution in [0.3, 0.4) is 0 Å². The minimum Gasteiger partial charge on any atom is -0.507 e. The molecule has 0 aliphatic carbocycles. The zero-order valence-electron chi connectivity index (χ0n) is 12.4. The number of benzene rings is 4. The van der Waals surface area contributed by atoms with Crippen LogP contribution in [-0.2, 0) is 0 Å². The van der Waals surface area contributed by atoms with E-state index >= 15 is 0 Å². The van der Waals surface area contributed by atoms with Crippen LogP contribution >= 0.6 is 0 Å². The number of hydrogen-bond acceptors (Lipinski definition) is 2. The third-order valence-electron chi connectivity index (χ3n) is 4.17. The predicted molar refractivity (Wildman–Crippen MR) is 90.1 cm³/mol. The van der Waals surface area contributed by atoms with Crippen LogP contribution in [0.1, 0.15) is 0 Å². The molecule has 4 aromatic carbocycles. The lowest BCUT2D eigenvalue weighted by Gasteiger charge is -2.14. The van der Waals surface area contributed by atoms with Gasteiger partial charge in [0.2, 0.25) is 0 Å². The van der Waals surface area contributed by atoms with Gasteiger partial charge in [-0.3, -0.25) is 0 Å². The third kappa shape index (κ3) is 2.15. The molecule has 0 unspecified atom stereocenters. The smallest absolute Gasteiger partial charge is 0.124 e. The lowest BCUT2D eigenvalue weighted by atomic mass is 9.92. The van der Waals surface area contributed by atoms with E-state index in [4.69, 9.17) is 0 Å². The van der Waals surface area contributed by atoms with Crippen molar-refractivity contribution < 1.29 is 19.0 Å². The number of fused-ring (bicyclic) bond motifs is 2. The molecule has 4 heteroatoms. The highest BCUT2D eigenvalue weighted by Crippen LogP contribution is 2.44. The summed E-state index contributed by atoms with van der Waals surface area (Å²) >= 11 is 0. The minimum absolute atomic E-state index is 0.0405. The minimum atomic E-state index is -0.386. The number of phenols is 2. The normalized spacial score (nSPS) is 11.2. The van der Waals surface area contributed by atoms with Gasteiger partial charge >= 0.3 is 0 Å². The summed E-state index contributed by atoms with van der Waals surface area (Å²) in [5, 5.41) is 23.2. The van der Waals surface area contributed by atoms with Gasteiger partial charge in [-0.15, -0.1) is 0 Å². The van der Waals surface area contributed by atoms with E-state index in [0.717, 1.165) is 0 Å². The van der Waals surface area contributed by atoms with Gasteiger partial charge in [0.15, 0.2) is 0 Å². The summed E-state index contributed by atoms with van der Waals surface area (Å²) in [5.41, 5.74) is 0.782. The molecule has 4 rings (SSSR count). The van der Waals surface area contributed by atoms with Gasteiger partial charge in [0, 0.05) is 11.1 Å². The zero-order valence-corrected chi connectivity index (χ0v) is 12.4. The molecule has 118 valence electrons. The van der Waals surface area contributed by atoms with Crippen LogP contribution in [0, 0.1) is 11.6 Å². The van der Waals surface area contributed by atoms with Gasteiger partial charge in [0.1, 0.15) is 23.1 Å². The summed E-state index contributed by atoms with van der Waals surface area (Å²) in [5.74, 6) is -0.853. The molecule has 0 aliphatic heterocycles. The van der Waals surface area contributed by atoms with Crippen molar-refractivity contribution in [1.82, 2.24) is 0 Å². The highest BCUT2D eigenvalue weighted by Gasteiger charge is 2.17. The number of phenolic OH excluding ortho intramolecular Hbond substituents is 2. The average molecular weight is 322 g/mol. The van der Waals surface area contributed by atoms with Crippen LogP contribution in [0.2, 0.25) is 0 Å². The molecule has 0 saturated heterocycles. The van der Waals surface area contributed by atoms with E-state index in [-0.39, 0.29) is 23.1 Å². The first-order valence-electron chi connectivity index (χ1n) is 7.37. The van der Waals surface area contributed by atoms with Crippen molar-refractivity contribution in [2.45, 2.75) is 0 Å². The second-order valence-corrected chi connectivity index (χ2v) is 5.65. The van der Waals surface area contributed by atoms with Crippen molar-refractivity contribution in [3.05, 3.63) is 72.3 Å². The standard InChI is InChI=1S/C20H12F2O2/c21-13-3-5-15-11(9-13)1-7-17(23)19(15)20-16-6-4-14(22)10-12(16)2-8-18(20)24/h1-10,23-24H. The third-order valence-corrected chi connectivity index (χ3v) is 4.17. The van der Waals surface area contributed by atoms with Crippen LogP contribution in [0.25, 0.3) is 32.7 Å². The molecule has 2 nitrogen and oxygen atoms in total. The first-order valence-corrected chi connectivity index (χ1v) is 7.37. The van der Waals surface area contributed by atoms with E-state index in [0.29, 0.717) is 32.7 Å². The molecule has 0 saturated carbocycles. The van der Waals surface area contributed by atoms with Crippen LogP contribution in [0.5, 0.6) is 11.5 Å². The second kappa shape index (κ2) is 5.20. The second-order valence-electron chi connectivity index (χ2n) is 5.65. The Bertz CT molecular complexity index is 1010. The summed E-state index contributed by atoms with van der Waals surface area (Å²) in [6.45, 7) is 0. The maximum Gasteiger partial charge on any atom is 0.124 e. The molecule has 0 amide bonds. The van der Waals surface area contributed by atoms with Crippen LogP contribution in [0.4, 0.5) is 8.78 Å². The van der Waals surface area contributed by atoms with Crippen molar-refractivity contribution in [2.75, 3.05) is 0 Å². The zero-order chi connectivity index (χ0) is 16.8. The van der Waals surface area contributed by atoms with Gasteiger partial charge in [0.25, 0.3) is 0 Å². The molecule has 2 N–H and O–H groups in total. The summed E-state index contributed by atoms with van der Waals surface area (Å²) < 4.78 is 27.0. The van der Waals surface area contributed by atoms with Gasteiger partial charge in [-0.25, -0.2) is 8.78 Å². The molecular formula is C20H12F2O2. The van der Waals surface area contributed by atoms with Gasteiger partial charge in [-0.2, -0.15) is 0 Å². The molecule has 0 heterocycles. The summed E-state index contributed by atoms with van der Waals surface area (Å²) in [4.78, 5) is 0. The van der Waals surface area contributed by atoms with Gasteiger partial charge in [-0.1, -0.05) is 24.3 Å². The van der Waals surface area contributed by atoms with E-state index < -0.39 is 0 Å². The molecule has 0 atom stereocenters. The highest BCUT2D eigenvalue weighted by molar-refractivity contribution is 6.09. The first-order chi connectivity index (χ1) is 11.5. The maximum atomic E-state index is 13.5. The van der Waals surface area contributed by atoms with E-state index in [1.807, 2.05) is 0 Å². The van der Waals surface area contributed by atoms with E-state index in [2.05, 4.69) is 0 Å². The molecule has 0 aromatic heterocycles. The van der Waals surface area contributed by atoms with Crippen molar-refractivity contribution >= 4 is 21.5 Å². The summed E-state index contributed by atoms with van der Waals surface area (Å²) in [6, 6.07) is 14.6. The Balaban J connectivity index is 2.17. The van der Waals surface area contributed by atoms with Gasteiger partial charge in [0.05, 0.1) is 0 Å². The fourth-order valence-electron chi connectivity index (χ4n) is 3.10. The lowest BCUT2D eigenvalue weighted by Crippen LogP contribution is -1.88. The Morgan fingerprint density at radius 1 is 0.542 bits per heavy atom. The number of halogens is 2. The van der Waals surface area contributed by atoms with Gasteiger partial charge in [-0.05, 0) is 57.9 Å². The molecule has 0 spiro atoms.